The Morgan fingerprint density at radius 1 is 0.452 bits per heavy atom. The van der Waals surface area contributed by atoms with Crippen molar-refractivity contribution in [2.45, 2.75) is 6.61 Å². The molecule has 0 aliphatic heterocycles. The van der Waals surface area contributed by atoms with Gasteiger partial charge in [0.25, 0.3) is 0 Å². The molecule has 242 valence electrons. The molecule has 0 saturated carbocycles. The molecule has 0 radical (unpaired) electrons. The third-order valence-electron chi connectivity index (χ3n) is 5.10. The van der Waals surface area contributed by atoms with Gasteiger partial charge in [-0.15, -0.1) is 0 Å². The molecule has 0 aliphatic carbocycles. The fourth-order valence-corrected chi connectivity index (χ4v) is 3.00. The van der Waals surface area contributed by atoms with E-state index in [4.69, 9.17) is 52.1 Å². The topological polar surface area (TPSA) is 119 Å². The molecule has 0 spiro atoms. The maximum absolute atomic E-state index is 10.8. The molecule has 0 N–H and O–H groups in total. The zero-order valence-corrected chi connectivity index (χ0v) is 24.9. The molecule has 42 heavy (non-hydrogen) atoms. The molecule has 1 aromatic rings. The first-order valence-corrected chi connectivity index (χ1v) is 14.4. The van der Waals surface area contributed by atoms with Gasteiger partial charge in [-0.1, -0.05) is 36.9 Å². The number of carbonyl (C=O) groups excluding carboxylic acids is 1. The van der Waals surface area contributed by atoms with Crippen molar-refractivity contribution in [3.63, 3.8) is 0 Å². The van der Waals surface area contributed by atoms with Crippen molar-refractivity contribution in [2.24, 2.45) is 0 Å². The normalized spacial score (nSPS) is 11.1. The fraction of sp³-hybridized carbons (Fsp3) is 0.700. The minimum atomic E-state index is -0.458. The lowest BCUT2D eigenvalue weighted by Crippen LogP contribution is -2.15. The van der Waals surface area contributed by atoms with Crippen LogP contribution in [0.25, 0.3) is 0 Å². The molecule has 1 rings (SSSR count). The van der Waals surface area contributed by atoms with Crippen LogP contribution in [0.2, 0.25) is 0 Å². The van der Waals surface area contributed by atoms with Crippen LogP contribution < -0.4 is 0 Å². The van der Waals surface area contributed by atoms with E-state index in [1.54, 1.807) is 0 Å². The Balaban J connectivity index is 1.62. The zero-order chi connectivity index (χ0) is 30.0. The van der Waals surface area contributed by atoms with Crippen LogP contribution in [0, 0.1) is 0 Å². The molecule has 0 saturated heterocycles. The first kappa shape index (κ1) is 38.1. The maximum atomic E-state index is 10.8. The van der Waals surface area contributed by atoms with Gasteiger partial charge in [0.15, 0.2) is 0 Å². The summed E-state index contributed by atoms with van der Waals surface area (Å²) in [4.78, 5) is 10.8. The second kappa shape index (κ2) is 32.0. The highest BCUT2D eigenvalue weighted by Gasteiger charge is 1.97. The minimum Gasteiger partial charge on any atom is -0.460 e. The molecule has 0 aliphatic rings. The molecule has 0 aromatic heterocycles. The molecule has 0 fully saturated rings. The third-order valence-corrected chi connectivity index (χ3v) is 5.10. The lowest BCUT2D eigenvalue weighted by atomic mass is 10.2. The molecule has 0 heterocycles. The summed E-state index contributed by atoms with van der Waals surface area (Å²) in [5.41, 5.74) is 1.16. The Hall–Kier alpha value is -1.97. The van der Waals surface area contributed by atoms with Crippen molar-refractivity contribution in [3.05, 3.63) is 48.6 Å². The molecule has 0 bridgehead atoms. The first-order valence-electron chi connectivity index (χ1n) is 14.4. The van der Waals surface area contributed by atoms with Crippen molar-refractivity contribution in [1.29, 1.82) is 0 Å². The van der Waals surface area contributed by atoms with E-state index in [-0.39, 0.29) is 6.61 Å². The van der Waals surface area contributed by atoms with Gasteiger partial charge in [0.1, 0.15) is 6.61 Å². The second-order valence-electron chi connectivity index (χ2n) is 8.42. The van der Waals surface area contributed by atoms with Crippen LogP contribution in [0.1, 0.15) is 5.56 Å². The van der Waals surface area contributed by atoms with Gasteiger partial charge < -0.3 is 52.1 Å². The minimum absolute atomic E-state index is 0.200. The summed E-state index contributed by atoms with van der Waals surface area (Å²) in [7, 11) is 0. The van der Waals surface area contributed by atoms with Crippen LogP contribution in [0.4, 0.5) is 0 Å². The van der Waals surface area contributed by atoms with Crippen LogP contribution >= 0.6 is 0 Å². The van der Waals surface area contributed by atoms with Crippen LogP contribution in [-0.2, 0) is 63.5 Å². The van der Waals surface area contributed by atoms with Crippen molar-refractivity contribution < 1.29 is 56.9 Å². The Labute approximate surface area is 250 Å². The number of rotatable bonds is 33. The van der Waals surface area contributed by atoms with E-state index in [1.165, 1.54) is 0 Å². The highest BCUT2D eigenvalue weighted by molar-refractivity contribution is 5.81. The fourth-order valence-electron chi connectivity index (χ4n) is 3.00. The molecule has 1 aromatic carbocycles. The van der Waals surface area contributed by atoms with Crippen molar-refractivity contribution in [2.75, 3.05) is 132 Å². The van der Waals surface area contributed by atoms with Gasteiger partial charge in [-0.3, -0.25) is 0 Å². The monoisotopic (exact) mass is 602 g/mol. The number of esters is 1. The Morgan fingerprint density at radius 2 is 0.738 bits per heavy atom. The largest absolute Gasteiger partial charge is 0.460 e. The molecule has 0 unspecified atom stereocenters. The molecule has 0 amide bonds. The quantitative estimate of drug-likeness (QED) is 0.0666. The van der Waals surface area contributed by atoms with Gasteiger partial charge in [0, 0.05) is 6.08 Å². The van der Waals surface area contributed by atoms with Gasteiger partial charge in [-0.05, 0) is 5.56 Å². The highest BCUT2D eigenvalue weighted by Crippen LogP contribution is 2.00. The standard InChI is InChI=1S/C30H50O12/c1-2-30(31)42-27-26-40-23-22-38-19-18-36-15-14-34-11-10-32-8-9-33-12-13-35-16-17-37-20-21-39-24-25-41-28-29-6-4-3-5-7-29/h2-7H,1,8-28H2. The Morgan fingerprint density at radius 3 is 1.05 bits per heavy atom. The maximum Gasteiger partial charge on any atom is 0.330 e. The number of carbonyl (C=O) groups is 1. The van der Waals surface area contributed by atoms with Gasteiger partial charge in [0.2, 0.25) is 0 Å². The summed E-state index contributed by atoms with van der Waals surface area (Å²) >= 11 is 0. The van der Waals surface area contributed by atoms with E-state index in [9.17, 15) is 4.79 Å². The predicted octanol–water partition coefficient (Wildman–Crippen LogP) is 2.08. The van der Waals surface area contributed by atoms with Crippen LogP contribution in [-0.4, -0.2) is 138 Å². The molecule has 0 atom stereocenters. The third kappa shape index (κ3) is 28.2. The van der Waals surface area contributed by atoms with Crippen molar-refractivity contribution >= 4 is 5.97 Å². The summed E-state index contributed by atoms with van der Waals surface area (Å²) < 4.78 is 59.2. The molecular formula is C30H50O12. The van der Waals surface area contributed by atoms with Crippen LogP contribution in [0.3, 0.4) is 0 Å². The Kier molecular flexibility index (Phi) is 29.0. The summed E-state index contributed by atoms with van der Waals surface area (Å²) in [6, 6.07) is 10.1. The second-order valence-corrected chi connectivity index (χ2v) is 8.42. The zero-order valence-electron chi connectivity index (χ0n) is 24.9. The summed E-state index contributed by atoms with van der Waals surface area (Å²) in [6.07, 6.45) is 1.11. The molecular weight excluding hydrogens is 552 g/mol. The van der Waals surface area contributed by atoms with Crippen molar-refractivity contribution in [1.82, 2.24) is 0 Å². The smallest absolute Gasteiger partial charge is 0.330 e. The van der Waals surface area contributed by atoms with Gasteiger partial charge in [0.05, 0.1) is 132 Å². The lowest BCUT2D eigenvalue weighted by molar-refractivity contribution is -0.139. The Bertz CT molecular complexity index is 707. The highest BCUT2D eigenvalue weighted by atomic mass is 16.6. The average molecular weight is 603 g/mol. The van der Waals surface area contributed by atoms with Gasteiger partial charge in [-0.2, -0.15) is 0 Å². The predicted molar refractivity (Wildman–Crippen MR) is 155 cm³/mol. The number of benzene rings is 1. The van der Waals surface area contributed by atoms with Crippen LogP contribution in [0.5, 0.6) is 0 Å². The van der Waals surface area contributed by atoms with Crippen LogP contribution in [0.15, 0.2) is 43.0 Å². The average Bonchev–Trinajstić information content (AvgIpc) is 3.02. The van der Waals surface area contributed by atoms with E-state index in [1.807, 2.05) is 30.3 Å². The SMILES string of the molecule is C=CC(=O)OCCOCCOCCOCCOCCOCCOCCOCCOCCOCCOCc1ccccc1. The number of hydrogen-bond acceptors (Lipinski definition) is 12. The lowest BCUT2D eigenvalue weighted by Gasteiger charge is -2.09. The van der Waals surface area contributed by atoms with E-state index < -0.39 is 5.97 Å². The number of ether oxygens (including phenoxy) is 11. The first-order chi connectivity index (χ1) is 20.8. The van der Waals surface area contributed by atoms with Gasteiger partial charge in [-0.25, -0.2) is 4.79 Å². The molecule has 12 heteroatoms. The van der Waals surface area contributed by atoms with E-state index in [0.29, 0.717) is 132 Å². The number of hydrogen-bond donors (Lipinski definition) is 0. The molecule has 12 nitrogen and oxygen atoms in total. The summed E-state index contributed by atoms with van der Waals surface area (Å²) in [5.74, 6) is -0.458. The van der Waals surface area contributed by atoms with E-state index in [0.717, 1.165) is 11.6 Å². The van der Waals surface area contributed by atoms with Gasteiger partial charge >= 0.3 is 5.97 Å². The summed E-state index contributed by atoms with van der Waals surface area (Å²) in [5, 5.41) is 0. The van der Waals surface area contributed by atoms with Crippen molar-refractivity contribution in [3.8, 4) is 0 Å². The van der Waals surface area contributed by atoms with E-state index >= 15 is 0 Å². The summed E-state index contributed by atoms with van der Waals surface area (Å²) in [6.45, 7) is 13.4. The van der Waals surface area contributed by atoms with E-state index in [2.05, 4.69) is 6.58 Å².